The molecule has 0 aliphatic heterocycles. The molecule has 2 aromatic heterocycles. The Morgan fingerprint density at radius 3 is 2.94 bits per heavy atom. The summed E-state index contributed by atoms with van der Waals surface area (Å²) in [6.07, 6.45) is 0.978. The first-order valence-electron chi connectivity index (χ1n) is 5.45. The largest absolute Gasteiger partial charge is 0.319 e. The zero-order valence-electron chi connectivity index (χ0n) is 9.95. The Morgan fingerprint density at radius 1 is 1.50 bits per heavy atom. The van der Waals surface area contributed by atoms with Crippen LogP contribution in [0.3, 0.4) is 0 Å². The van der Waals surface area contributed by atoms with E-state index in [-0.39, 0.29) is 0 Å². The Hall–Kier alpha value is -1.13. The maximum atomic E-state index is 4.59. The topological polar surface area (TPSA) is 29.9 Å². The number of thiophene rings is 1. The summed E-state index contributed by atoms with van der Waals surface area (Å²) in [6, 6.07) is 4.26. The Bertz CT molecular complexity index is 457. The number of rotatable bonds is 4. The quantitative estimate of drug-likeness (QED) is 0.880. The highest BCUT2D eigenvalue weighted by Crippen LogP contribution is 2.30. The normalized spacial score (nSPS) is 10.9. The zero-order valence-corrected chi connectivity index (χ0v) is 10.8. The fourth-order valence-electron chi connectivity index (χ4n) is 1.84. The monoisotopic (exact) mass is 235 g/mol. The fourth-order valence-corrected chi connectivity index (χ4v) is 2.68. The number of aromatic nitrogens is 2. The molecular formula is C12H17N3S. The molecule has 2 heterocycles. The fraction of sp³-hybridized carbons (Fsp3) is 0.417. The lowest BCUT2D eigenvalue weighted by molar-refractivity contribution is 0.703. The van der Waals surface area contributed by atoms with Gasteiger partial charge in [0, 0.05) is 36.1 Å². The van der Waals surface area contributed by atoms with Gasteiger partial charge in [0.2, 0.25) is 0 Å². The van der Waals surface area contributed by atoms with Crippen LogP contribution in [0.4, 0.5) is 0 Å². The van der Waals surface area contributed by atoms with Crippen molar-refractivity contribution in [2.45, 2.75) is 13.3 Å². The molecule has 2 aromatic rings. The summed E-state index contributed by atoms with van der Waals surface area (Å²) in [4.78, 5) is 1.32. The second-order valence-corrected chi connectivity index (χ2v) is 4.81. The minimum absolute atomic E-state index is 0.967. The highest BCUT2D eigenvalue weighted by Gasteiger charge is 2.14. The first kappa shape index (κ1) is 11.4. The molecular weight excluding hydrogens is 218 g/mol. The predicted molar refractivity (Wildman–Crippen MR) is 68.9 cm³/mol. The van der Waals surface area contributed by atoms with Gasteiger partial charge in [-0.1, -0.05) is 6.07 Å². The van der Waals surface area contributed by atoms with Crippen LogP contribution < -0.4 is 5.32 Å². The van der Waals surface area contributed by atoms with E-state index in [1.54, 1.807) is 11.3 Å². The summed E-state index contributed by atoms with van der Waals surface area (Å²) < 4.78 is 1.97. The van der Waals surface area contributed by atoms with Gasteiger partial charge in [-0.05, 0) is 25.4 Å². The predicted octanol–water partition coefficient (Wildman–Crippen LogP) is 2.22. The van der Waals surface area contributed by atoms with Crippen LogP contribution in [0.5, 0.6) is 0 Å². The lowest BCUT2D eigenvalue weighted by Crippen LogP contribution is -2.11. The first-order chi connectivity index (χ1) is 7.74. The Morgan fingerprint density at radius 2 is 2.31 bits per heavy atom. The van der Waals surface area contributed by atoms with E-state index in [9.17, 15) is 0 Å². The second-order valence-electron chi connectivity index (χ2n) is 3.86. The summed E-state index contributed by atoms with van der Waals surface area (Å²) in [5.74, 6) is 0. The van der Waals surface area contributed by atoms with Crippen molar-refractivity contribution in [2.75, 3.05) is 13.6 Å². The lowest BCUT2D eigenvalue weighted by atomic mass is 10.1. The Balaban J connectivity index is 2.41. The van der Waals surface area contributed by atoms with Crippen LogP contribution in [-0.4, -0.2) is 23.4 Å². The molecule has 0 saturated carbocycles. The molecule has 0 bridgehead atoms. The number of hydrogen-bond donors (Lipinski definition) is 1. The van der Waals surface area contributed by atoms with E-state index in [2.05, 4.69) is 34.9 Å². The van der Waals surface area contributed by atoms with E-state index in [0.29, 0.717) is 0 Å². The van der Waals surface area contributed by atoms with Gasteiger partial charge >= 0.3 is 0 Å². The summed E-state index contributed by atoms with van der Waals surface area (Å²) in [5.41, 5.74) is 3.75. The average molecular weight is 235 g/mol. The Kier molecular flexibility index (Phi) is 3.41. The summed E-state index contributed by atoms with van der Waals surface area (Å²) in [7, 11) is 3.98. The van der Waals surface area contributed by atoms with Gasteiger partial charge in [-0.2, -0.15) is 5.10 Å². The molecule has 0 amide bonds. The Labute approximate surface area is 100 Å². The maximum Gasteiger partial charge on any atom is 0.0726 e. The van der Waals surface area contributed by atoms with Gasteiger partial charge < -0.3 is 5.32 Å². The number of likely N-dealkylation sites (N-methyl/N-ethyl adjacent to an activating group) is 1. The molecule has 0 aliphatic carbocycles. The van der Waals surface area contributed by atoms with Gasteiger partial charge in [-0.25, -0.2) is 0 Å². The number of nitrogens with one attached hydrogen (secondary N) is 1. The average Bonchev–Trinajstić information content (AvgIpc) is 2.86. The van der Waals surface area contributed by atoms with Crippen molar-refractivity contribution in [3.63, 3.8) is 0 Å². The molecule has 0 fully saturated rings. The minimum Gasteiger partial charge on any atom is -0.319 e. The summed E-state index contributed by atoms with van der Waals surface area (Å²) >= 11 is 1.78. The number of aryl methyl sites for hydroxylation is 1. The standard InChI is InChI=1S/C12H17N3S/c1-9-12(11-5-4-8-16-11)10(6-7-13-2)14-15(9)3/h4-5,8,13H,6-7H2,1-3H3. The van der Waals surface area contributed by atoms with Gasteiger partial charge in [-0.3, -0.25) is 4.68 Å². The highest BCUT2D eigenvalue weighted by molar-refractivity contribution is 7.13. The van der Waals surface area contributed by atoms with Crippen molar-refractivity contribution < 1.29 is 0 Å². The molecule has 1 N–H and O–H groups in total. The van der Waals surface area contributed by atoms with Crippen LogP contribution in [0.15, 0.2) is 17.5 Å². The zero-order chi connectivity index (χ0) is 11.5. The lowest BCUT2D eigenvalue weighted by Gasteiger charge is -2.01. The molecule has 0 aromatic carbocycles. The molecule has 16 heavy (non-hydrogen) atoms. The van der Waals surface area contributed by atoms with Crippen LogP contribution >= 0.6 is 11.3 Å². The second kappa shape index (κ2) is 4.80. The third-order valence-corrected chi connectivity index (χ3v) is 3.67. The number of nitrogens with zero attached hydrogens (tertiary/aromatic N) is 2. The van der Waals surface area contributed by atoms with Gasteiger partial charge in [0.25, 0.3) is 0 Å². The van der Waals surface area contributed by atoms with Gasteiger partial charge in [0.1, 0.15) is 0 Å². The van der Waals surface area contributed by atoms with E-state index in [1.807, 2.05) is 18.8 Å². The summed E-state index contributed by atoms with van der Waals surface area (Å²) in [5, 5.41) is 9.87. The molecule has 0 aliphatic rings. The molecule has 0 radical (unpaired) electrons. The minimum atomic E-state index is 0.967. The third kappa shape index (κ3) is 2.03. The van der Waals surface area contributed by atoms with Crippen LogP contribution in [0.1, 0.15) is 11.4 Å². The molecule has 2 rings (SSSR count). The van der Waals surface area contributed by atoms with E-state index in [0.717, 1.165) is 13.0 Å². The van der Waals surface area contributed by atoms with Gasteiger partial charge in [0.15, 0.2) is 0 Å². The van der Waals surface area contributed by atoms with Crippen LogP contribution in [0.25, 0.3) is 10.4 Å². The van der Waals surface area contributed by atoms with Crippen molar-refractivity contribution in [3.05, 3.63) is 28.9 Å². The van der Waals surface area contributed by atoms with E-state index in [4.69, 9.17) is 0 Å². The third-order valence-electron chi connectivity index (χ3n) is 2.79. The molecule has 0 atom stereocenters. The molecule has 86 valence electrons. The molecule has 4 heteroatoms. The van der Waals surface area contributed by atoms with E-state index < -0.39 is 0 Å². The maximum absolute atomic E-state index is 4.59. The van der Waals surface area contributed by atoms with Crippen molar-refractivity contribution in [3.8, 4) is 10.4 Å². The molecule has 3 nitrogen and oxygen atoms in total. The van der Waals surface area contributed by atoms with Crippen molar-refractivity contribution >= 4 is 11.3 Å². The highest BCUT2D eigenvalue weighted by atomic mass is 32.1. The molecule has 0 unspecified atom stereocenters. The van der Waals surface area contributed by atoms with Gasteiger partial charge in [-0.15, -0.1) is 11.3 Å². The van der Waals surface area contributed by atoms with Crippen molar-refractivity contribution in [1.29, 1.82) is 0 Å². The van der Waals surface area contributed by atoms with E-state index >= 15 is 0 Å². The van der Waals surface area contributed by atoms with Crippen molar-refractivity contribution in [2.24, 2.45) is 7.05 Å². The van der Waals surface area contributed by atoms with Crippen LogP contribution in [0, 0.1) is 6.92 Å². The molecule has 0 spiro atoms. The smallest absolute Gasteiger partial charge is 0.0726 e. The van der Waals surface area contributed by atoms with E-state index in [1.165, 1.54) is 21.8 Å². The SMILES string of the molecule is CNCCc1nn(C)c(C)c1-c1cccs1. The number of hydrogen-bond acceptors (Lipinski definition) is 3. The van der Waals surface area contributed by atoms with Crippen molar-refractivity contribution in [1.82, 2.24) is 15.1 Å². The van der Waals surface area contributed by atoms with Crippen LogP contribution in [-0.2, 0) is 13.5 Å². The van der Waals surface area contributed by atoms with Crippen LogP contribution in [0.2, 0.25) is 0 Å². The summed E-state index contributed by atoms with van der Waals surface area (Å²) in [6.45, 7) is 3.10. The van der Waals surface area contributed by atoms with Gasteiger partial charge in [0.05, 0.1) is 5.69 Å². The molecule has 0 saturated heterocycles. The first-order valence-corrected chi connectivity index (χ1v) is 6.33.